The molecule has 0 radical (unpaired) electrons. The third-order valence-electron chi connectivity index (χ3n) is 4.00. The van der Waals surface area contributed by atoms with Crippen LogP contribution in [0.4, 0.5) is 6.01 Å². The summed E-state index contributed by atoms with van der Waals surface area (Å²) < 4.78 is 5.30. The van der Waals surface area contributed by atoms with E-state index in [0.717, 1.165) is 17.7 Å². The molecule has 108 valence electrons. The van der Waals surface area contributed by atoms with E-state index in [-0.39, 0.29) is 5.54 Å². The number of nitrogens with one attached hydrogen (secondary N) is 1. The third kappa shape index (κ3) is 3.95. The molecule has 1 aromatic heterocycles. The number of nitrogens with zero attached hydrogens (tertiary/aromatic N) is 2. The molecule has 0 unspecified atom stereocenters. The summed E-state index contributed by atoms with van der Waals surface area (Å²) in [6, 6.07) is 0.550. The first-order chi connectivity index (χ1) is 8.85. The molecule has 4 heteroatoms. The molecule has 4 nitrogen and oxygen atoms in total. The molecule has 1 aliphatic rings. The lowest BCUT2D eigenvalue weighted by Crippen LogP contribution is -2.26. The zero-order chi connectivity index (χ0) is 14.0. The minimum absolute atomic E-state index is 0.0426. The molecule has 1 heterocycles. The smallest absolute Gasteiger partial charge is 0.321 e. The predicted octanol–water partition coefficient (Wildman–Crippen LogP) is 4.21. The lowest BCUT2D eigenvalue weighted by Gasteiger charge is -2.29. The molecule has 0 bridgehead atoms. The van der Waals surface area contributed by atoms with Crippen LogP contribution in [0, 0.1) is 11.8 Å². The molecule has 0 spiro atoms. The van der Waals surface area contributed by atoms with Gasteiger partial charge < -0.3 is 9.84 Å². The zero-order valence-corrected chi connectivity index (χ0v) is 12.9. The normalized spacial score (nSPS) is 24.7. The topological polar surface area (TPSA) is 51.0 Å². The quantitative estimate of drug-likeness (QED) is 0.889. The van der Waals surface area contributed by atoms with Gasteiger partial charge in [-0.2, -0.15) is 4.98 Å². The first kappa shape index (κ1) is 14.4. The summed E-state index contributed by atoms with van der Waals surface area (Å²) in [5, 5.41) is 7.37. The van der Waals surface area contributed by atoms with E-state index in [1.165, 1.54) is 25.7 Å². The molecule has 1 aliphatic carbocycles. The van der Waals surface area contributed by atoms with Gasteiger partial charge in [0.2, 0.25) is 0 Å². The highest BCUT2D eigenvalue weighted by Gasteiger charge is 2.27. The van der Waals surface area contributed by atoms with E-state index >= 15 is 0 Å². The molecular formula is C15H27N3O. The van der Waals surface area contributed by atoms with Gasteiger partial charge in [0.05, 0.1) is 0 Å². The monoisotopic (exact) mass is 265 g/mol. The summed E-state index contributed by atoms with van der Waals surface area (Å²) in [7, 11) is 0. The second-order valence-electron chi connectivity index (χ2n) is 7.19. The van der Waals surface area contributed by atoms with Gasteiger partial charge in [-0.3, -0.25) is 0 Å². The molecule has 1 saturated carbocycles. The lowest BCUT2D eigenvalue weighted by molar-refractivity contribution is 0.252. The predicted molar refractivity (Wildman–Crippen MR) is 77.2 cm³/mol. The van der Waals surface area contributed by atoms with E-state index < -0.39 is 0 Å². The third-order valence-corrected chi connectivity index (χ3v) is 4.00. The molecule has 0 saturated heterocycles. The lowest BCUT2D eigenvalue weighted by atomic mass is 9.77. The Kier molecular flexibility index (Phi) is 4.16. The Hall–Kier alpha value is -1.06. The fraction of sp³-hybridized carbons (Fsp3) is 0.867. The highest BCUT2D eigenvalue weighted by atomic mass is 16.5. The Balaban J connectivity index is 1.93. The maximum absolute atomic E-state index is 5.30. The van der Waals surface area contributed by atoms with Crippen molar-refractivity contribution in [1.29, 1.82) is 0 Å². The molecule has 0 atom stereocenters. The number of rotatable bonds is 3. The minimum Gasteiger partial charge on any atom is -0.333 e. The van der Waals surface area contributed by atoms with Crippen molar-refractivity contribution in [3.63, 3.8) is 0 Å². The van der Waals surface area contributed by atoms with Crippen LogP contribution in [-0.2, 0) is 0 Å². The molecule has 1 N–H and O–H groups in total. The van der Waals surface area contributed by atoms with Gasteiger partial charge >= 0.3 is 6.01 Å². The largest absolute Gasteiger partial charge is 0.333 e. The van der Waals surface area contributed by atoms with Crippen LogP contribution >= 0.6 is 0 Å². The Bertz CT molecular complexity index is 398. The average molecular weight is 265 g/mol. The molecule has 2 rings (SSSR count). The summed E-state index contributed by atoms with van der Waals surface area (Å²) in [4.78, 5) is 4.50. The van der Waals surface area contributed by atoms with Crippen LogP contribution in [0.2, 0.25) is 0 Å². The van der Waals surface area contributed by atoms with Gasteiger partial charge in [-0.25, -0.2) is 0 Å². The van der Waals surface area contributed by atoms with E-state index in [0.29, 0.717) is 11.9 Å². The summed E-state index contributed by atoms with van der Waals surface area (Å²) in [6.07, 6.45) is 4.96. The van der Waals surface area contributed by atoms with Crippen LogP contribution in [0.1, 0.15) is 72.0 Å². The van der Waals surface area contributed by atoms with Crippen molar-refractivity contribution in [3.8, 4) is 0 Å². The molecule has 0 aromatic carbocycles. The van der Waals surface area contributed by atoms with Crippen molar-refractivity contribution in [3.05, 3.63) is 5.82 Å². The average Bonchev–Trinajstić information content (AvgIpc) is 2.75. The standard InChI is InChI=1S/C15H27N3O/c1-10(2)11-6-8-12(9-7-11)13-16-14(19-18-13)17-15(3,4)5/h10-12H,6-9H2,1-5H3,(H,16,17,18). The van der Waals surface area contributed by atoms with Crippen LogP contribution in [-0.4, -0.2) is 15.7 Å². The SMILES string of the molecule is CC(C)C1CCC(c2noc(NC(C)(C)C)n2)CC1. The summed E-state index contributed by atoms with van der Waals surface area (Å²) in [5.41, 5.74) is -0.0426. The number of anilines is 1. The van der Waals surface area contributed by atoms with Crippen LogP contribution in [0.25, 0.3) is 0 Å². The first-order valence-electron chi connectivity index (χ1n) is 7.47. The van der Waals surface area contributed by atoms with Crippen LogP contribution in [0.3, 0.4) is 0 Å². The van der Waals surface area contributed by atoms with Gasteiger partial charge in [0.25, 0.3) is 0 Å². The molecular weight excluding hydrogens is 238 g/mol. The van der Waals surface area contributed by atoms with Crippen LogP contribution in [0.15, 0.2) is 4.52 Å². The number of aromatic nitrogens is 2. The van der Waals surface area contributed by atoms with Gasteiger partial charge in [0.1, 0.15) is 0 Å². The molecule has 1 aromatic rings. The van der Waals surface area contributed by atoms with Gasteiger partial charge in [-0.15, -0.1) is 0 Å². The van der Waals surface area contributed by atoms with E-state index in [2.05, 4.69) is 50.1 Å². The van der Waals surface area contributed by atoms with Gasteiger partial charge in [0, 0.05) is 11.5 Å². The first-order valence-corrected chi connectivity index (χ1v) is 7.47. The van der Waals surface area contributed by atoms with E-state index in [4.69, 9.17) is 4.52 Å². The minimum atomic E-state index is -0.0426. The van der Waals surface area contributed by atoms with E-state index in [1.54, 1.807) is 0 Å². The number of hydrogen-bond acceptors (Lipinski definition) is 4. The van der Waals surface area contributed by atoms with Crippen molar-refractivity contribution in [2.75, 3.05) is 5.32 Å². The van der Waals surface area contributed by atoms with Crippen molar-refractivity contribution in [2.24, 2.45) is 11.8 Å². The Labute approximate surface area is 116 Å². The van der Waals surface area contributed by atoms with Crippen LogP contribution in [0.5, 0.6) is 0 Å². The van der Waals surface area contributed by atoms with E-state index in [1.807, 2.05) is 0 Å². The van der Waals surface area contributed by atoms with Gasteiger partial charge in [-0.1, -0.05) is 19.0 Å². The maximum atomic E-state index is 5.30. The highest BCUT2D eigenvalue weighted by Crippen LogP contribution is 2.37. The van der Waals surface area contributed by atoms with Crippen molar-refractivity contribution in [2.45, 2.75) is 71.8 Å². The zero-order valence-electron chi connectivity index (χ0n) is 12.9. The van der Waals surface area contributed by atoms with Gasteiger partial charge in [-0.05, 0) is 58.3 Å². The summed E-state index contributed by atoms with van der Waals surface area (Å²) in [5.74, 6) is 3.03. The molecule has 19 heavy (non-hydrogen) atoms. The van der Waals surface area contributed by atoms with Gasteiger partial charge in [0.15, 0.2) is 5.82 Å². The summed E-state index contributed by atoms with van der Waals surface area (Å²) >= 11 is 0. The molecule has 1 fully saturated rings. The number of hydrogen-bond donors (Lipinski definition) is 1. The second-order valence-corrected chi connectivity index (χ2v) is 7.19. The Morgan fingerprint density at radius 1 is 1.16 bits per heavy atom. The molecule has 0 aliphatic heterocycles. The van der Waals surface area contributed by atoms with Crippen molar-refractivity contribution in [1.82, 2.24) is 10.1 Å². The second kappa shape index (κ2) is 5.51. The Morgan fingerprint density at radius 3 is 2.32 bits per heavy atom. The fourth-order valence-electron chi connectivity index (χ4n) is 2.82. The fourth-order valence-corrected chi connectivity index (χ4v) is 2.82. The summed E-state index contributed by atoms with van der Waals surface area (Å²) in [6.45, 7) is 10.9. The van der Waals surface area contributed by atoms with Crippen molar-refractivity contribution >= 4 is 6.01 Å². The highest BCUT2D eigenvalue weighted by molar-refractivity contribution is 5.23. The van der Waals surface area contributed by atoms with Crippen LogP contribution < -0.4 is 5.32 Å². The van der Waals surface area contributed by atoms with E-state index in [9.17, 15) is 0 Å². The molecule has 0 amide bonds. The Morgan fingerprint density at radius 2 is 1.79 bits per heavy atom. The van der Waals surface area contributed by atoms with Crippen molar-refractivity contribution < 1.29 is 4.52 Å². The maximum Gasteiger partial charge on any atom is 0.321 e.